The number of aromatic nitrogens is 1. The maximum absolute atomic E-state index is 12.8. The normalized spacial score (nSPS) is 16.2. The van der Waals surface area contributed by atoms with Crippen molar-refractivity contribution < 1.29 is 13.2 Å². The molecule has 1 fully saturated rings. The molecule has 0 N–H and O–H groups in total. The maximum Gasteiger partial charge on any atom is 0.279 e. The molecule has 31 heavy (non-hydrogen) atoms. The van der Waals surface area contributed by atoms with Crippen LogP contribution < -0.4 is 4.80 Å². The molecule has 9 heteroatoms. The molecule has 2 heterocycles. The highest BCUT2D eigenvalue weighted by molar-refractivity contribution is 7.89. The fourth-order valence-electron chi connectivity index (χ4n) is 3.87. The molecule has 164 valence electrons. The second-order valence-corrected chi connectivity index (χ2v) is 10.9. The summed E-state index contributed by atoms with van der Waals surface area (Å²) >= 11 is 7.71. The number of halogens is 1. The number of piperidine rings is 1. The van der Waals surface area contributed by atoms with E-state index in [0.29, 0.717) is 35.0 Å². The van der Waals surface area contributed by atoms with Crippen molar-refractivity contribution in [1.29, 1.82) is 0 Å². The van der Waals surface area contributed by atoms with Gasteiger partial charge in [0.05, 0.1) is 15.1 Å². The summed E-state index contributed by atoms with van der Waals surface area (Å²) in [6.07, 6.45) is 2.82. The van der Waals surface area contributed by atoms with Gasteiger partial charge in [0, 0.05) is 30.2 Å². The predicted octanol–water partition coefficient (Wildman–Crippen LogP) is 4.60. The number of carbonyl (C=O) groups excluding carboxylic acids is 1. The molecule has 0 bridgehead atoms. The molecular weight excluding hydrogens is 454 g/mol. The fraction of sp³-hybridized carbons (Fsp3) is 0.364. The van der Waals surface area contributed by atoms with Gasteiger partial charge in [-0.2, -0.15) is 9.30 Å². The van der Waals surface area contributed by atoms with E-state index < -0.39 is 15.9 Å². The minimum Gasteiger partial charge on any atom is -0.316 e. The zero-order valence-corrected chi connectivity index (χ0v) is 19.9. The molecule has 4 rings (SSSR count). The van der Waals surface area contributed by atoms with E-state index in [1.54, 1.807) is 0 Å². The van der Waals surface area contributed by atoms with Gasteiger partial charge in [0.15, 0.2) is 4.80 Å². The number of fused-ring (bicyclic) bond motifs is 1. The molecule has 2 aromatic carbocycles. The van der Waals surface area contributed by atoms with Gasteiger partial charge in [0.25, 0.3) is 5.91 Å². The molecule has 1 aliphatic heterocycles. The fourth-order valence-corrected chi connectivity index (χ4v) is 6.69. The van der Waals surface area contributed by atoms with Crippen LogP contribution >= 0.6 is 22.9 Å². The van der Waals surface area contributed by atoms with Gasteiger partial charge in [-0.1, -0.05) is 29.4 Å². The van der Waals surface area contributed by atoms with Crippen molar-refractivity contribution in [3.05, 3.63) is 57.3 Å². The van der Waals surface area contributed by atoms with Crippen molar-refractivity contribution in [3.63, 3.8) is 0 Å². The highest BCUT2D eigenvalue weighted by atomic mass is 35.5. The minimum atomic E-state index is -3.52. The summed E-state index contributed by atoms with van der Waals surface area (Å²) < 4.78 is 30.1. The van der Waals surface area contributed by atoms with Crippen molar-refractivity contribution in [1.82, 2.24) is 8.87 Å². The molecule has 1 saturated heterocycles. The van der Waals surface area contributed by atoms with E-state index in [2.05, 4.69) is 4.99 Å². The number of benzene rings is 2. The van der Waals surface area contributed by atoms with Gasteiger partial charge in [-0.25, -0.2) is 8.42 Å². The largest absolute Gasteiger partial charge is 0.316 e. The molecule has 3 aromatic rings. The van der Waals surface area contributed by atoms with Crippen molar-refractivity contribution in [2.24, 2.45) is 4.99 Å². The van der Waals surface area contributed by atoms with Gasteiger partial charge in [-0.15, -0.1) is 0 Å². The standard InChI is InChI=1S/C22H24ClN3O3S2/c1-3-26-20-15(2)18(23)11-12-19(20)30-22(26)24-21(27)16-7-9-17(10-8-16)31(28,29)25-13-5-4-6-14-25/h7-12H,3-6,13-14H2,1-2H3. The molecule has 1 aromatic heterocycles. The molecule has 6 nitrogen and oxygen atoms in total. The zero-order valence-electron chi connectivity index (χ0n) is 17.5. The van der Waals surface area contributed by atoms with Crippen LogP contribution in [0.15, 0.2) is 46.3 Å². The van der Waals surface area contributed by atoms with E-state index in [1.807, 2.05) is 30.5 Å². The summed E-state index contributed by atoms with van der Waals surface area (Å²) in [5, 5.41) is 0.677. The molecule has 1 amide bonds. The number of thiazole rings is 1. The van der Waals surface area contributed by atoms with Crippen LogP contribution in [0.1, 0.15) is 42.1 Å². The Kier molecular flexibility index (Phi) is 6.35. The number of hydrogen-bond acceptors (Lipinski definition) is 4. The van der Waals surface area contributed by atoms with Crippen LogP contribution in [-0.2, 0) is 16.6 Å². The molecule has 1 aliphatic rings. The highest BCUT2D eigenvalue weighted by Crippen LogP contribution is 2.27. The average molecular weight is 478 g/mol. The monoisotopic (exact) mass is 477 g/mol. The Morgan fingerprint density at radius 3 is 2.42 bits per heavy atom. The minimum absolute atomic E-state index is 0.210. The van der Waals surface area contributed by atoms with Crippen molar-refractivity contribution in [2.45, 2.75) is 44.6 Å². The number of rotatable bonds is 4. The van der Waals surface area contributed by atoms with Gasteiger partial charge in [-0.05, 0) is 68.7 Å². The molecule has 0 atom stereocenters. The van der Waals surface area contributed by atoms with Gasteiger partial charge < -0.3 is 4.57 Å². The Hall–Kier alpha value is -2.00. The summed E-state index contributed by atoms with van der Waals surface area (Å²) in [5.41, 5.74) is 2.29. The van der Waals surface area contributed by atoms with Crippen LogP contribution in [-0.4, -0.2) is 36.3 Å². The van der Waals surface area contributed by atoms with Gasteiger partial charge >= 0.3 is 0 Å². The average Bonchev–Trinajstić information content (AvgIpc) is 3.14. The second-order valence-electron chi connectivity index (χ2n) is 7.55. The SMILES string of the molecule is CCn1c(=NC(=O)c2ccc(S(=O)(=O)N3CCCCC3)cc2)sc2ccc(Cl)c(C)c21. The number of sulfonamides is 1. The Bertz CT molecular complexity index is 1300. The summed E-state index contributed by atoms with van der Waals surface area (Å²) in [6, 6.07) is 9.85. The number of aryl methyl sites for hydroxylation is 2. The quantitative estimate of drug-likeness (QED) is 0.551. The Morgan fingerprint density at radius 1 is 1.10 bits per heavy atom. The van der Waals surface area contributed by atoms with Crippen LogP contribution in [0.3, 0.4) is 0 Å². The van der Waals surface area contributed by atoms with Crippen molar-refractivity contribution in [2.75, 3.05) is 13.1 Å². The van der Waals surface area contributed by atoms with Crippen LogP contribution in [0.2, 0.25) is 5.02 Å². The van der Waals surface area contributed by atoms with Gasteiger partial charge in [0.2, 0.25) is 10.0 Å². The highest BCUT2D eigenvalue weighted by Gasteiger charge is 2.26. The second kappa shape index (κ2) is 8.86. The molecule has 0 spiro atoms. The predicted molar refractivity (Wildman–Crippen MR) is 124 cm³/mol. The lowest BCUT2D eigenvalue weighted by molar-refractivity contribution is 0.0997. The number of amides is 1. The molecule has 0 saturated carbocycles. The van der Waals surface area contributed by atoms with Crippen LogP contribution in [0.25, 0.3) is 10.2 Å². The van der Waals surface area contributed by atoms with Crippen molar-refractivity contribution >= 4 is 49.1 Å². The number of hydrogen-bond donors (Lipinski definition) is 0. The topological polar surface area (TPSA) is 71.7 Å². The smallest absolute Gasteiger partial charge is 0.279 e. The first-order chi connectivity index (χ1) is 14.8. The summed E-state index contributed by atoms with van der Waals surface area (Å²) in [4.78, 5) is 17.9. The summed E-state index contributed by atoms with van der Waals surface area (Å²) in [6.45, 7) is 5.70. The lowest BCUT2D eigenvalue weighted by Gasteiger charge is -2.25. The van der Waals surface area contributed by atoms with Gasteiger partial charge in [-0.3, -0.25) is 4.79 Å². The van der Waals surface area contributed by atoms with E-state index in [0.717, 1.165) is 35.0 Å². The van der Waals surface area contributed by atoms with Crippen LogP contribution in [0.4, 0.5) is 0 Å². The molecule has 0 unspecified atom stereocenters. The summed E-state index contributed by atoms with van der Waals surface area (Å²) in [5.74, 6) is -0.403. The molecule has 0 aliphatic carbocycles. The summed E-state index contributed by atoms with van der Waals surface area (Å²) in [7, 11) is -3.52. The van der Waals surface area contributed by atoms with Gasteiger partial charge in [0.1, 0.15) is 0 Å². The zero-order chi connectivity index (χ0) is 22.2. The first-order valence-corrected chi connectivity index (χ1v) is 12.9. The lowest BCUT2D eigenvalue weighted by atomic mass is 10.2. The van der Waals surface area contributed by atoms with E-state index in [9.17, 15) is 13.2 Å². The Labute approximate surface area is 190 Å². The maximum atomic E-state index is 12.8. The lowest BCUT2D eigenvalue weighted by Crippen LogP contribution is -2.35. The molecular formula is C22H24ClN3O3S2. The molecule has 0 radical (unpaired) electrons. The number of carbonyl (C=O) groups is 1. The van der Waals surface area contributed by atoms with E-state index >= 15 is 0 Å². The Balaban J connectivity index is 1.66. The first-order valence-electron chi connectivity index (χ1n) is 10.3. The van der Waals surface area contributed by atoms with E-state index in [-0.39, 0.29) is 4.90 Å². The third-order valence-corrected chi connectivity index (χ3v) is 8.96. The first kappa shape index (κ1) is 22.2. The Morgan fingerprint density at radius 2 is 1.77 bits per heavy atom. The number of nitrogens with zero attached hydrogens (tertiary/aromatic N) is 3. The van der Waals surface area contributed by atoms with E-state index in [4.69, 9.17) is 11.6 Å². The third-order valence-electron chi connectivity index (χ3n) is 5.60. The third kappa shape index (κ3) is 4.22. The van der Waals surface area contributed by atoms with Crippen LogP contribution in [0.5, 0.6) is 0 Å². The van der Waals surface area contributed by atoms with E-state index in [1.165, 1.54) is 39.9 Å². The van der Waals surface area contributed by atoms with Crippen LogP contribution in [0, 0.1) is 6.92 Å². The van der Waals surface area contributed by atoms with Crippen molar-refractivity contribution in [3.8, 4) is 0 Å².